The van der Waals surface area contributed by atoms with E-state index < -0.39 is 0 Å². The van der Waals surface area contributed by atoms with Gasteiger partial charge in [-0.15, -0.1) is 0 Å². The second-order valence-electron chi connectivity index (χ2n) is 7.39. The summed E-state index contributed by atoms with van der Waals surface area (Å²) in [7, 11) is 7.94. The van der Waals surface area contributed by atoms with Crippen LogP contribution in [-0.2, 0) is 0 Å². The summed E-state index contributed by atoms with van der Waals surface area (Å²) in [5, 5.41) is 1.69. The van der Waals surface area contributed by atoms with E-state index in [9.17, 15) is 4.79 Å². The molecule has 0 bridgehead atoms. The van der Waals surface area contributed by atoms with E-state index in [4.69, 9.17) is 23.4 Å². The van der Waals surface area contributed by atoms with Crippen LogP contribution in [0.3, 0.4) is 0 Å². The van der Waals surface area contributed by atoms with E-state index in [0.29, 0.717) is 38.7 Å². The molecule has 0 aliphatic heterocycles. The van der Waals surface area contributed by atoms with Crippen LogP contribution < -0.4 is 23.8 Å². The van der Waals surface area contributed by atoms with E-state index in [2.05, 4.69) is 15.9 Å². The normalized spacial score (nSPS) is 10.8. The molecular formula is C26H24BrNO6. The van der Waals surface area contributed by atoms with E-state index >= 15 is 0 Å². The van der Waals surface area contributed by atoms with Gasteiger partial charge in [-0.05, 0) is 51.6 Å². The molecule has 0 atom stereocenters. The van der Waals surface area contributed by atoms with Crippen molar-refractivity contribution in [3.8, 4) is 34.1 Å². The minimum Gasteiger partial charge on any atom is -0.493 e. The fourth-order valence-electron chi connectivity index (χ4n) is 4.08. The number of hydrogen-bond acceptors (Lipinski definition) is 6. The third-order valence-electron chi connectivity index (χ3n) is 5.69. The zero-order chi connectivity index (χ0) is 24.4. The van der Waals surface area contributed by atoms with Crippen LogP contribution in [0.2, 0.25) is 0 Å². The predicted molar refractivity (Wildman–Crippen MR) is 135 cm³/mol. The number of anilines is 1. The Kier molecular flexibility index (Phi) is 6.70. The average molecular weight is 526 g/mol. The summed E-state index contributed by atoms with van der Waals surface area (Å²) >= 11 is 3.49. The van der Waals surface area contributed by atoms with Gasteiger partial charge in [0.1, 0.15) is 0 Å². The van der Waals surface area contributed by atoms with Crippen molar-refractivity contribution in [3.63, 3.8) is 0 Å². The lowest BCUT2D eigenvalue weighted by Crippen LogP contribution is -2.27. The molecule has 1 heterocycles. The number of benzene rings is 3. The quantitative estimate of drug-likeness (QED) is 0.287. The second-order valence-corrected chi connectivity index (χ2v) is 8.25. The topological polar surface area (TPSA) is 70.4 Å². The summed E-state index contributed by atoms with van der Waals surface area (Å²) in [6.07, 6.45) is 3.25. The van der Waals surface area contributed by atoms with Crippen molar-refractivity contribution in [1.82, 2.24) is 0 Å². The maximum Gasteiger partial charge on any atom is 0.263 e. The van der Waals surface area contributed by atoms with Crippen molar-refractivity contribution in [2.75, 3.05) is 40.4 Å². The molecule has 0 N–H and O–H groups in total. The summed E-state index contributed by atoms with van der Waals surface area (Å²) in [6.45, 7) is 0. The summed E-state index contributed by atoms with van der Waals surface area (Å²) in [5.74, 6) is 1.68. The molecule has 34 heavy (non-hydrogen) atoms. The summed E-state index contributed by atoms with van der Waals surface area (Å²) in [4.78, 5) is 15.3. The number of fused-ring (bicyclic) bond motifs is 1. The van der Waals surface area contributed by atoms with Gasteiger partial charge in [-0.1, -0.05) is 12.1 Å². The second kappa shape index (κ2) is 9.69. The maximum absolute atomic E-state index is 13.7. The lowest BCUT2D eigenvalue weighted by molar-refractivity contribution is 0.0989. The number of hydrogen-bond donors (Lipinski definition) is 0. The molecule has 0 saturated carbocycles. The highest BCUT2D eigenvalue weighted by molar-refractivity contribution is 9.10. The molecule has 0 saturated heterocycles. The Morgan fingerprint density at radius 1 is 0.882 bits per heavy atom. The summed E-state index contributed by atoms with van der Waals surface area (Å²) < 4.78 is 28.2. The molecule has 0 spiro atoms. The molecule has 0 fully saturated rings. The highest BCUT2D eigenvalue weighted by Gasteiger charge is 2.26. The Labute approximate surface area is 205 Å². The number of furan rings is 1. The van der Waals surface area contributed by atoms with Crippen LogP contribution in [0.1, 0.15) is 10.4 Å². The predicted octanol–water partition coefficient (Wildman–Crippen LogP) is 6.17. The molecule has 0 aliphatic rings. The van der Waals surface area contributed by atoms with Gasteiger partial charge in [0.15, 0.2) is 23.0 Å². The SMILES string of the molecule is COc1ccc(Br)c(C(=O)N(C)c2cccc3c(-c4ccoc4)c(OC)c(OC)cc23)c1OC. The van der Waals surface area contributed by atoms with Crippen molar-refractivity contribution in [1.29, 1.82) is 0 Å². The molecule has 1 amide bonds. The summed E-state index contributed by atoms with van der Waals surface area (Å²) in [6, 6.07) is 13.0. The number of ether oxygens (including phenoxy) is 4. The smallest absolute Gasteiger partial charge is 0.263 e. The van der Waals surface area contributed by atoms with Gasteiger partial charge in [-0.3, -0.25) is 4.79 Å². The highest BCUT2D eigenvalue weighted by atomic mass is 79.9. The van der Waals surface area contributed by atoms with Crippen molar-refractivity contribution >= 4 is 38.3 Å². The number of carbonyl (C=O) groups is 1. The van der Waals surface area contributed by atoms with E-state index in [-0.39, 0.29) is 5.91 Å². The number of halogens is 1. The molecule has 4 rings (SSSR count). The van der Waals surface area contributed by atoms with Crippen LogP contribution in [0.25, 0.3) is 21.9 Å². The van der Waals surface area contributed by atoms with Crippen molar-refractivity contribution in [2.45, 2.75) is 0 Å². The Bertz CT molecular complexity index is 1350. The fourth-order valence-corrected chi connectivity index (χ4v) is 4.57. The first kappa shape index (κ1) is 23.5. The summed E-state index contributed by atoms with van der Waals surface area (Å²) in [5.41, 5.74) is 2.69. The van der Waals surface area contributed by atoms with Gasteiger partial charge in [-0.25, -0.2) is 0 Å². The van der Waals surface area contributed by atoms with Gasteiger partial charge in [0, 0.05) is 28.0 Å². The maximum atomic E-state index is 13.7. The number of methoxy groups -OCH3 is 4. The van der Waals surface area contributed by atoms with Crippen LogP contribution in [0.15, 0.2) is 63.9 Å². The first-order valence-corrected chi connectivity index (χ1v) is 11.1. The lowest BCUT2D eigenvalue weighted by Gasteiger charge is -2.23. The third-order valence-corrected chi connectivity index (χ3v) is 6.35. The number of nitrogens with zero attached hydrogens (tertiary/aromatic N) is 1. The van der Waals surface area contributed by atoms with E-state index in [0.717, 1.165) is 21.9 Å². The van der Waals surface area contributed by atoms with Crippen molar-refractivity contribution in [2.24, 2.45) is 0 Å². The molecule has 0 aliphatic carbocycles. The molecular weight excluding hydrogens is 502 g/mol. The average Bonchev–Trinajstić information content (AvgIpc) is 3.40. The van der Waals surface area contributed by atoms with Gasteiger partial charge in [0.25, 0.3) is 5.91 Å². The zero-order valence-corrected chi connectivity index (χ0v) is 21.1. The zero-order valence-electron chi connectivity index (χ0n) is 19.5. The van der Waals surface area contributed by atoms with E-state index in [1.165, 1.54) is 14.2 Å². The highest BCUT2D eigenvalue weighted by Crippen LogP contribution is 2.46. The monoisotopic (exact) mass is 525 g/mol. The molecule has 7 nitrogen and oxygen atoms in total. The minimum atomic E-state index is -0.269. The first-order valence-electron chi connectivity index (χ1n) is 10.4. The largest absolute Gasteiger partial charge is 0.493 e. The van der Waals surface area contributed by atoms with E-state index in [1.807, 2.05) is 30.3 Å². The first-order chi connectivity index (χ1) is 16.5. The van der Waals surface area contributed by atoms with Crippen LogP contribution >= 0.6 is 15.9 Å². The van der Waals surface area contributed by atoms with Crippen LogP contribution in [-0.4, -0.2) is 41.4 Å². The Morgan fingerprint density at radius 3 is 2.24 bits per heavy atom. The Hall–Kier alpha value is -3.65. The standard InChI is InChI=1S/C26H24BrNO6/c1-28(26(29)23-18(27)9-10-20(30-2)24(23)32-4)19-8-6-7-16-17(19)13-21(31-3)25(33-5)22(16)15-11-12-34-14-15/h6-14H,1-5H3. The number of rotatable bonds is 7. The lowest BCUT2D eigenvalue weighted by atomic mass is 9.96. The Morgan fingerprint density at radius 2 is 1.62 bits per heavy atom. The molecule has 4 aromatic rings. The molecule has 176 valence electrons. The fraction of sp³-hybridized carbons (Fsp3) is 0.192. The van der Waals surface area contributed by atoms with E-state index in [1.54, 1.807) is 50.8 Å². The van der Waals surface area contributed by atoms with Crippen LogP contribution in [0, 0.1) is 0 Å². The van der Waals surface area contributed by atoms with Gasteiger partial charge < -0.3 is 28.3 Å². The Balaban J connectivity index is 1.95. The van der Waals surface area contributed by atoms with Crippen LogP contribution in [0.4, 0.5) is 5.69 Å². The van der Waals surface area contributed by atoms with Gasteiger partial charge in [0.05, 0.1) is 52.2 Å². The number of carbonyl (C=O) groups excluding carboxylic acids is 1. The molecule has 0 radical (unpaired) electrons. The molecule has 8 heteroatoms. The molecule has 0 unspecified atom stereocenters. The van der Waals surface area contributed by atoms with Crippen LogP contribution in [0.5, 0.6) is 23.0 Å². The van der Waals surface area contributed by atoms with Gasteiger partial charge >= 0.3 is 0 Å². The third kappa shape index (κ3) is 3.84. The number of amides is 1. The van der Waals surface area contributed by atoms with Gasteiger partial charge in [-0.2, -0.15) is 0 Å². The minimum absolute atomic E-state index is 0.269. The van der Waals surface area contributed by atoms with Gasteiger partial charge in [0.2, 0.25) is 0 Å². The molecule has 3 aromatic carbocycles. The molecule has 1 aromatic heterocycles. The van der Waals surface area contributed by atoms with Crippen molar-refractivity contribution in [3.05, 3.63) is 65.0 Å². The van der Waals surface area contributed by atoms with Crippen molar-refractivity contribution < 1.29 is 28.2 Å².